The zero-order valence-electron chi connectivity index (χ0n) is 12.4. The summed E-state index contributed by atoms with van der Waals surface area (Å²) in [5, 5.41) is 0. The molecule has 1 atom stereocenters. The van der Waals surface area contributed by atoms with E-state index in [1.165, 1.54) is 11.1 Å². The molecule has 1 rings (SSSR count). The minimum absolute atomic E-state index is 0.169. The van der Waals surface area contributed by atoms with Crippen LogP contribution in [0.4, 0.5) is 0 Å². The normalized spacial score (nSPS) is 13.3. The lowest BCUT2D eigenvalue weighted by molar-refractivity contribution is 0.458. The van der Waals surface area contributed by atoms with Crippen molar-refractivity contribution >= 4 is 9.84 Å². The second kappa shape index (κ2) is 8.39. The van der Waals surface area contributed by atoms with Gasteiger partial charge in [0.05, 0.1) is 5.75 Å². The molecule has 0 spiro atoms. The molecule has 20 heavy (non-hydrogen) atoms. The fourth-order valence-corrected chi connectivity index (χ4v) is 3.11. The molecule has 0 heterocycles. The van der Waals surface area contributed by atoms with Gasteiger partial charge in [-0.05, 0) is 38.2 Å². The maximum Gasteiger partial charge on any atom is 0.150 e. The van der Waals surface area contributed by atoms with E-state index in [4.69, 9.17) is 5.84 Å². The van der Waals surface area contributed by atoms with Crippen LogP contribution in [0.5, 0.6) is 0 Å². The van der Waals surface area contributed by atoms with E-state index in [1.807, 2.05) is 0 Å². The first-order valence-electron chi connectivity index (χ1n) is 7.19. The van der Waals surface area contributed by atoms with E-state index >= 15 is 0 Å². The van der Waals surface area contributed by atoms with Crippen molar-refractivity contribution in [1.82, 2.24) is 5.43 Å². The summed E-state index contributed by atoms with van der Waals surface area (Å²) in [6.07, 6.45) is 3.34. The molecule has 0 saturated carbocycles. The molecule has 0 saturated heterocycles. The van der Waals surface area contributed by atoms with Crippen molar-refractivity contribution in [1.29, 1.82) is 0 Å². The van der Waals surface area contributed by atoms with Crippen LogP contribution in [0, 0.1) is 6.92 Å². The number of sulfone groups is 1. The molecule has 0 aliphatic rings. The van der Waals surface area contributed by atoms with Crippen LogP contribution in [0.1, 0.15) is 37.3 Å². The lowest BCUT2D eigenvalue weighted by Crippen LogP contribution is -2.35. The van der Waals surface area contributed by atoms with Gasteiger partial charge < -0.3 is 0 Å². The highest BCUT2D eigenvalue weighted by molar-refractivity contribution is 7.91. The summed E-state index contributed by atoms with van der Waals surface area (Å²) < 4.78 is 22.9. The highest BCUT2D eigenvalue weighted by Crippen LogP contribution is 2.11. The zero-order chi connectivity index (χ0) is 15.0. The van der Waals surface area contributed by atoms with Crippen LogP contribution in [-0.2, 0) is 16.3 Å². The van der Waals surface area contributed by atoms with Crippen LogP contribution < -0.4 is 11.3 Å². The predicted octanol–water partition coefficient (Wildman–Crippen LogP) is 1.97. The van der Waals surface area contributed by atoms with Crippen molar-refractivity contribution in [2.24, 2.45) is 5.84 Å². The Bertz CT molecular complexity index is 500. The van der Waals surface area contributed by atoms with Gasteiger partial charge >= 0.3 is 0 Å². The molecule has 5 heteroatoms. The Kier molecular flexibility index (Phi) is 7.19. The third-order valence-electron chi connectivity index (χ3n) is 3.55. The van der Waals surface area contributed by atoms with Crippen LogP contribution in [0.2, 0.25) is 0 Å². The van der Waals surface area contributed by atoms with Crippen molar-refractivity contribution in [3.8, 4) is 0 Å². The maximum atomic E-state index is 11.4. The Morgan fingerprint density at radius 3 is 2.65 bits per heavy atom. The molecule has 3 N–H and O–H groups in total. The molecule has 114 valence electrons. The fraction of sp³-hybridized carbons (Fsp3) is 0.600. The highest BCUT2D eigenvalue weighted by Gasteiger charge is 2.11. The van der Waals surface area contributed by atoms with Crippen LogP contribution in [0.15, 0.2) is 24.3 Å². The summed E-state index contributed by atoms with van der Waals surface area (Å²) in [5.41, 5.74) is 5.35. The Morgan fingerprint density at radius 1 is 1.30 bits per heavy atom. The van der Waals surface area contributed by atoms with E-state index in [1.54, 1.807) is 6.92 Å². The molecule has 1 aromatic rings. The summed E-state index contributed by atoms with van der Waals surface area (Å²) in [4.78, 5) is 0. The fourth-order valence-electron chi connectivity index (χ4n) is 2.21. The molecule has 0 bridgehead atoms. The first-order valence-corrected chi connectivity index (χ1v) is 9.01. The molecule has 0 radical (unpaired) electrons. The number of hydrogen-bond acceptors (Lipinski definition) is 4. The first-order chi connectivity index (χ1) is 9.46. The number of hydrogen-bond donors (Lipinski definition) is 2. The van der Waals surface area contributed by atoms with Crippen molar-refractivity contribution < 1.29 is 8.42 Å². The summed E-state index contributed by atoms with van der Waals surface area (Å²) >= 11 is 0. The molecule has 0 amide bonds. The maximum absolute atomic E-state index is 11.4. The third kappa shape index (κ3) is 6.50. The standard InChI is InChI=1S/C15H26N2O2S/c1-3-20(18,19)11-5-8-15(17-16)10-9-14-7-4-6-13(2)12-14/h4,6-7,12,15,17H,3,5,8-11,16H2,1-2H3. The topological polar surface area (TPSA) is 72.2 Å². The number of aryl methyl sites for hydroxylation is 2. The van der Waals surface area contributed by atoms with Gasteiger partial charge in [-0.3, -0.25) is 11.3 Å². The zero-order valence-corrected chi connectivity index (χ0v) is 13.2. The predicted molar refractivity (Wildman–Crippen MR) is 84.2 cm³/mol. The van der Waals surface area contributed by atoms with E-state index in [-0.39, 0.29) is 17.5 Å². The number of hydrazine groups is 1. The lowest BCUT2D eigenvalue weighted by Gasteiger charge is -2.15. The molecule has 0 aromatic heterocycles. The number of benzene rings is 1. The molecule has 4 nitrogen and oxygen atoms in total. The Hall–Kier alpha value is -0.910. The van der Waals surface area contributed by atoms with Crippen LogP contribution in [0.3, 0.4) is 0 Å². The molecular weight excluding hydrogens is 272 g/mol. The number of rotatable bonds is 9. The van der Waals surface area contributed by atoms with Crippen LogP contribution >= 0.6 is 0 Å². The Morgan fingerprint density at radius 2 is 2.05 bits per heavy atom. The molecule has 1 unspecified atom stereocenters. The van der Waals surface area contributed by atoms with Gasteiger partial charge in [0.25, 0.3) is 0 Å². The van der Waals surface area contributed by atoms with Gasteiger partial charge in [0.1, 0.15) is 9.84 Å². The third-order valence-corrected chi connectivity index (χ3v) is 5.34. The summed E-state index contributed by atoms with van der Waals surface area (Å²) in [7, 11) is -2.86. The average molecular weight is 298 g/mol. The lowest BCUT2D eigenvalue weighted by atomic mass is 10.0. The van der Waals surface area contributed by atoms with Crippen molar-refractivity contribution in [2.75, 3.05) is 11.5 Å². The monoisotopic (exact) mass is 298 g/mol. The van der Waals surface area contributed by atoms with Crippen molar-refractivity contribution in [3.63, 3.8) is 0 Å². The van der Waals surface area contributed by atoms with E-state index in [0.29, 0.717) is 6.42 Å². The molecular formula is C15H26N2O2S. The Labute approximate surface area is 122 Å². The minimum Gasteiger partial charge on any atom is -0.271 e. The highest BCUT2D eigenvalue weighted by atomic mass is 32.2. The quantitative estimate of drug-likeness (QED) is 0.540. The smallest absolute Gasteiger partial charge is 0.150 e. The first kappa shape index (κ1) is 17.1. The van der Waals surface area contributed by atoms with E-state index < -0.39 is 9.84 Å². The van der Waals surface area contributed by atoms with E-state index in [0.717, 1.165) is 19.3 Å². The SMILES string of the molecule is CCS(=O)(=O)CCCC(CCc1cccc(C)c1)NN. The van der Waals surface area contributed by atoms with Crippen LogP contribution in [-0.4, -0.2) is 26.0 Å². The second-order valence-corrected chi connectivity index (χ2v) is 7.74. The van der Waals surface area contributed by atoms with Gasteiger partial charge in [0.15, 0.2) is 0 Å². The van der Waals surface area contributed by atoms with Gasteiger partial charge in [-0.1, -0.05) is 36.8 Å². The molecule has 0 aliphatic carbocycles. The number of nitrogens with two attached hydrogens (primary N) is 1. The largest absolute Gasteiger partial charge is 0.271 e. The number of nitrogens with one attached hydrogen (secondary N) is 1. The summed E-state index contributed by atoms with van der Waals surface area (Å²) in [6, 6.07) is 8.60. The van der Waals surface area contributed by atoms with Gasteiger partial charge in [-0.15, -0.1) is 0 Å². The molecule has 0 aliphatic heterocycles. The summed E-state index contributed by atoms with van der Waals surface area (Å²) in [5.74, 6) is 6.03. The van der Waals surface area contributed by atoms with E-state index in [2.05, 4.69) is 36.6 Å². The second-order valence-electron chi connectivity index (χ2n) is 5.27. The van der Waals surface area contributed by atoms with Gasteiger partial charge in [-0.2, -0.15) is 0 Å². The van der Waals surface area contributed by atoms with Gasteiger partial charge in [0.2, 0.25) is 0 Å². The van der Waals surface area contributed by atoms with Crippen molar-refractivity contribution in [3.05, 3.63) is 35.4 Å². The molecule has 1 aromatic carbocycles. The van der Waals surface area contributed by atoms with Gasteiger partial charge in [0, 0.05) is 11.8 Å². The average Bonchev–Trinajstić information content (AvgIpc) is 2.42. The van der Waals surface area contributed by atoms with Crippen LogP contribution in [0.25, 0.3) is 0 Å². The molecule has 0 fully saturated rings. The van der Waals surface area contributed by atoms with Gasteiger partial charge in [-0.25, -0.2) is 8.42 Å². The Balaban J connectivity index is 2.36. The summed E-state index contributed by atoms with van der Waals surface area (Å²) in [6.45, 7) is 3.77. The minimum atomic E-state index is -2.86. The van der Waals surface area contributed by atoms with E-state index in [9.17, 15) is 8.42 Å². The van der Waals surface area contributed by atoms with Crippen molar-refractivity contribution in [2.45, 2.75) is 45.6 Å².